The standard InChI is InChI=1S/C22H40O4.Na.H/c1-2-3-4-5-6-7-8-9-10-11-12-13-14-15-16-17-18-20(22(25)26)19-21(23)24;;/h19H,2-18H2,1H3,(H,23,24)(H,25,26);;/b20-19+;;. The zero-order valence-corrected chi connectivity index (χ0v) is 16.8. The minimum absolute atomic E-state index is 0. The molecule has 0 aromatic rings. The van der Waals surface area contributed by atoms with Crippen molar-refractivity contribution in [2.75, 3.05) is 0 Å². The maximum absolute atomic E-state index is 10.9. The second kappa shape index (κ2) is 22.0. The Morgan fingerprint density at radius 3 is 1.26 bits per heavy atom. The van der Waals surface area contributed by atoms with Crippen molar-refractivity contribution < 1.29 is 19.8 Å². The van der Waals surface area contributed by atoms with Gasteiger partial charge in [0.1, 0.15) is 0 Å². The van der Waals surface area contributed by atoms with E-state index in [4.69, 9.17) is 10.2 Å². The van der Waals surface area contributed by atoms with Crippen molar-refractivity contribution in [3.63, 3.8) is 0 Å². The van der Waals surface area contributed by atoms with E-state index >= 15 is 0 Å². The molecule has 0 fully saturated rings. The molecular weight excluding hydrogens is 351 g/mol. The minimum atomic E-state index is -1.18. The third-order valence-electron chi connectivity index (χ3n) is 4.87. The van der Waals surface area contributed by atoms with Gasteiger partial charge in [-0.2, -0.15) is 0 Å². The maximum atomic E-state index is 10.9. The molecule has 27 heavy (non-hydrogen) atoms. The van der Waals surface area contributed by atoms with Crippen molar-refractivity contribution in [2.24, 2.45) is 0 Å². The molecule has 0 aliphatic heterocycles. The van der Waals surface area contributed by atoms with E-state index in [0.717, 1.165) is 25.3 Å². The van der Waals surface area contributed by atoms with Gasteiger partial charge in [0.15, 0.2) is 0 Å². The average molecular weight is 393 g/mol. The number of aliphatic carboxylic acids is 2. The molecule has 0 saturated carbocycles. The molecule has 2 N–H and O–H groups in total. The number of carbonyl (C=O) groups is 2. The summed E-state index contributed by atoms with van der Waals surface area (Å²) >= 11 is 0. The van der Waals surface area contributed by atoms with Crippen molar-refractivity contribution in [3.05, 3.63) is 11.6 Å². The summed E-state index contributed by atoms with van der Waals surface area (Å²) in [5.74, 6) is -2.30. The first kappa shape index (κ1) is 28.9. The first-order chi connectivity index (χ1) is 12.6. The monoisotopic (exact) mass is 392 g/mol. The van der Waals surface area contributed by atoms with E-state index in [1.54, 1.807) is 0 Å². The fourth-order valence-electron chi connectivity index (χ4n) is 3.25. The molecule has 0 amide bonds. The van der Waals surface area contributed by atoms with Gasteiger partial charge in [0, 0.05) is 11.6 Å². The molecule has 0 aromatic heterocycles. The van der Waals surface area contributed by atoms with Gasteiger partial charge in [0.2, 0.25) is 0 Å². The third-order valence-corrected chi connectivity index (χ3v) is 4.87. The summed E-state index contributed by atoms with van der Waals surface area (Å²) < 4.78 is 0. The van der Waals surface area contributed by atoms with Crippen LogP contribution in [0.25, 0.3) is 0 Å². The Hall–Kier alpha value is -0.320. The van der Waals surface area contributed by atoms with Crippen molar-refractivity contribution in [1.29, 1.82) is 0 Å². The normalized spacial score (nSPS) is 11.2. The molecule has 0 aromatic carbocycles. The SMILES string of the molecule is CCCCCCCCCCCCCCCCCC/C(=C\C(=O)O)C(=O)O.[NaH]. The molecular formula is C22H41NaO4. The van der Waals surface area contributed by atoms with E-state index in [9.17, 15) is 9.59 Å². The van der Waals surface area contributed by atoms with Crippen molar-refractivity contribution >= 4 is 41.5 Å². The van der Waals surface area contributed by atoms with Crippen LogP contribution in [0.4, 0.5) is 0 Å². The summed E-state index contributed by atoms with van der Waals surface area (Å²) in [6.45, 7) is 2.26. The summed E-state index contributed by atoms with van der Waals surface area (Å²) in [5.41, 5.74) is 0.00265. The summed E-state index contributed by atoms with van der Waals surface area (Å²) in [6, 6.07) is 0. The number of hydrogen-bond acceptors (Lipinski definition) is 2. The molecule has 154 valence electrons. The topological polar surface area (TPSA) is 74.6 Å². The van der Waals surface area contributed by atoms with E-state index in [0.29, 0.717) is 6.42 Å². The molecule has 0 saturated heterocycles. The molecule has 0 radical (unpaired) electrons. The molecule has 0 rings (SSSR count). The Kier molecular flexibility index (Phi) is 23.5. The second-order valence-corrected chi connectivity index (χ2v) is 7.37. The summed E-state index contributed by atoms with van der Waals surface area (Å²) in [6.07, 6.45) is 21.6. The van der Waals surface area contributed by atoms with Gasteiger partial charge >= 0.3 is 41.5 Å². The van der Waals surface area contributed by atoms with Gasteiger partial charge in [0.25, 0.3) is 0 Å². The van der Waals surface area contributed by atoms with Crippen molar-refractivity contribution in [2.45, 2.75) is 116 Å². The zero-order chi connectivity index (χ0) is 19.5. The Bertz CT molecular complexity index is 394. The fraction of sp³-hybridized carbons (Fsp3) is 0.818. The van der Waals surface area contributed by atoms with Crippen molar-refractivity contribution in [1.82, 2.24) is 0 Å². The first-order valence-electron chi connectivity index (χ1n) is 10.7. The van der Waals surface area contributed by atoms with Crippen LogP contribution in [0.5, 0.6) is 0 Å². The van der Waals surface area contributed by atoms with Crippen molar-refractivity contribution in [3.8, 4) is 0 Å². The number of unbranched alkanes of at least 4 members (excludes halogenated alkanes) is 15. The molecule has 5 heteroatoms. The summed E-state index contributed by atoms with van der Waals surface area (Å²) in [5, 5.41) is 17.5. The third kappa shape index (κ3) is 21.8. The second-order valence-electron chi connectivity index (χ2n) is 7.37. The van der Waals surface area contributed by atoms with E-state index in [-0.39, 0.29) is 35.1 Å². The van der Waals surface area contributed by atoms with Crippen LogP contribution in [0.1, 0.15) is 116 Å². The number of carboxylic acid groups (broad SMARTS) is 2. The summed E-state index contributed by atoms with van der Waals surface area (Å²) in [7, 11) is 0. The predicted molar refractivity (Wildman–Crippen MR) is 115 cm³/mol. The molecule has 0 aliphatic rings. The number of rotatable bonds is 19. The number of hydrogen-bond donors (Lipinski definition) is 2. The molecule has 0 atom stereocenters. The van der Waals surface area contributed by atoms with E-state index in [1.807, 2.05) is 0 Å². The predicted octanol–water partition coefficient (Wildman–Crippen LogP) is 6.09. The van der Waals surface area contributed by atoms with Gasteiger partial charge in [-0.1, -0.05) is 103 Å². The zero-order valence-electron chi connectivity index (χ0n) is 16.8. The Morgan fingerprint density at radius 1 is 0.630 bits per heavy atom. The van der Waals surface area contributed by atoms with E-state index in [2.05, 4.69) is 6.92 Å². The van der Waals surface area contributed by atoms with Gasteiger partial charge in [0.05, 0.1) is 0 Å². The molecule has 0 unspecified atom stereocenters. The molecule has 4 nitrogen and oxygen atoms in total. The average Bonchev–Trinajstić information content (AvgIpc) is 2.59. The van der Waals surface area contributed by atoms with E-state index < -0.39 is 11.9 Å². The van der Waals surface area contributed by atoms with Crippen LogP contribution in [0.15, 0.2) is 11.6 Å². The van der Waals surface area contributed by atoms with Gasteiger partial charge < -0.3 is 10.2 Å². The molecule has 0 aliphatic carbocycles. The quantitative estimate of drug-likeness (QED) is 0.159. The van der Waals surface area contributed by atoms with Gasteiger partial charge in [-0.3, -0.25) is 0 Å². The Morgan fingerprint density at radius 2 is 0.963 bits per heavy atom. The van der Waals surface area contributed by atoms with Crippen LogP contribution in [-0.4, -0.2) is 51.7 Å². The van der Waals surface area contributed by atoms with E-state index in [1.165, 1.54) is 83.5 Å². The molecule has 0 heterocycles. The number of carboxylic acids is 2. The van der Waals surface area contributed by atoms with Crippen LogP contribution < -0.4 is 0 Å². The van der Waals surface area contributed by atoms with Crippen LogP contribution in [0, 0.1) is 0 Å². The van der Waals surface area contributed by atoms with Gasteiger partial charge in [-0.05, 0) is 12.8 Å². The van der Waals surface area contributed by atoms with Crippen LogP contribution in [-0.2, 0) is 9.59 Å². The van der Waals surface area contributed by atoms with Gasteiger partial charge in [-0.25, -0.2) is 9.59 Å². The first-order valence-corrected chi connectivity index (χ1v) is 10.7. The van der Waals surface area contributed by atoms with Gasteiger partial charge in [-0.15, -0.1) is 0 Å². The molecule has 0 spiro atoms. The van der Waals surface area contributed by atoms with Crippen LogP contribution in [0.3, 0.4) is 0 Å². The Labute approximate surface area is 188 Å². The molecule has 0 bridgehead atoms. The Balaban J connectivity index is 0. The van der Waals surface area contributed by atoms with Crippen LogP contribution in [0.2, 0.25) is 0 Å². The van der Waals surface area contributed by atoms with Crippen LogP contribution >= 0.6 is 0 Å². The fourth-order valence-corrected chi connectivity index (χ4v) is 3.25. The summed E-state index contributed by atoms with van der Waals surface area (Å²) in [4.78, 5) is 21.4.